The molecule has 1 aromatic rings. The van der Waals surface area contributed by atoms with Crippen LogP contribution < -0.4 is 5.73 Å². The summed E-state index contributed by atoms with van der Waals surface area (Å²) in [6, 6.07) is 6.20. The molecule has 19 heavy (non-hydrogen) atoms. The summed E-state index contributed by atoms with van der Waals surface area (Å²) in [6.07, 6.45) is 1.83. The Morgan fingerprint density at radius 2 is 2.11 bits per heavy atom. The number of piperidine rings is 1. The SMILES string of the molecule is NC1c2cccc(Br)c2CC12CCN(C(=O)O)CC2. The van der Waals surface area contributed by atoms with Crippen LogP contribution in [-0.2, 0) is 6.42 Å². The number of carbonyl (C=O) groups is 1. The number of nitrogens with two attached hydrogens (primary N) is 1. The van der Waals surface area contributed by atoms with E-state index in [9.17, 15) is 4.79 Å². The van der Waals surface area contributed by atoms with Crippen LogP contribution in [0.3, 0.4) is 0 Å². The highest BCUT2D eigenvalue weighted by atomic mass is 79.9. The van der Waals surface area contributed by atoms with Gasteiger partial charge < -0.3 is 15.7 Å². The van der Waals surface area contributed by atoms with Crippen molar-refractivity contribution in [1.29, 1.82) is 0 Å². The number of fused-ring (bicyclic) bond motifs is 1. The van der Waals surface area contributed by atoms with Crippen molar-refractivity contribution in [2.75, 3.05) is 13.1 Å². The van der Waals surface area contributed by atoms with Crippen molar-refractivity contribution in [2.24, 2.45) is 11.1 Å². The van der Waals surface area contributed by atoms with E-state index < -0.39 is 6.09 Å². The summed E-state index contributed by atoms with van der Waals surface area (Å²) in [5.41, 5.74) is 9.02. The average Bonchev–Trinajstić information content (AvgIpc) is 2.66. The summed E-state index contributed by atoms with van der Waals surface area (Å²) in [5.74, 6) is 0. The van der Waals surface area contributed by atoms with E-state index in [0.717, 1.165) is 23.7 Å². The summed E-state index contributed by atoms with van der Waals surface area (Å²) in [7, 11) is 0. The number of benzene rings is 1. The largest absolute Gasteiger partial charge is 0.465 e. The molecule has 1 spiro atoms. The third kappa shape index (κ3) is 1.96. The minimum Gasteiger partial charge on any atom is -0.465 e. The standard InChI is InChI=1S/C14H17BrN2O2/c15-11-3-1-2-9-10(11)8-14(12(9)16)4-6-17(7-5-14)13(18)19/h1-3,12H,4-8,16H2,(H,18,19). The maximum atomic E-state index is 11.0. The third-order valence-corrected chi connectivity index (χ3v) is 5.45. The monoisotopic (exact) mass is 324 g/mol. The first-order chi connectivity index (χ1) is 9.03. The van der Waals surface area contributed by atoms with Gasteiger partial charge in [-0.3, -0.25) is 0 Å². The van der Waals surface area contributed by atoms with Crippen LogP contribution >= 0.6 is 15.9 Å². The van der Waals surface area contributed by atoms with Crippen LogP contribution in [0.2, 0.25) is 0 Å². The van der Waals surface area contributed by atoms with E-state index in [1.165, 1.54) is 16.0 Å². The maximum absolute atomic E-state index is 11.0. The first-order valence-electron chi connectivity index (χ1n) is 6.54. The Bertz CT molecular complexity index is 524. The Morgan fingerprint density at radius 3 is 2.68 bits per heavy atom. The van der Waals surface area contributed by atoms with Crippen molar-refractivity contribution in [2.45, 2.75) is 25.3 Å². The lowest BCUT2D eigenvalue weighted by Gasteiger charge is -2.41. The van der Waals surface area contributed by atoms with Gasteiger partial charge in [0, 0.05) is 23.6 Å². The van der Waals surface area contributed by atoms with Gasteiger partial charge in [0.25, 0.3) is 0 Å². The molecule has 1 fully saturated rings. The van der Waals surface area contributed by atoms with E-state index in [4.69, 9.17) is 10.8 Å². The number of carboxylic acid groups (broad SMARTS) is 1. The van der Waals surface area contributed by atoms with Gasteiger partial charge in [0.05, 0.1) is 0 Å². The van der Waals surface area contributed by atoms with Crippen molar-refractivity contribution >= 4 is 22.0 Å². The molecule has 3 rings (SSSR count). The first-order valence-corrected chi connectivity index (χ1v) is 7.33. The quantitative estimate of drug-likeness (QED) is 0.771. The molecule has 0 bridgehead atoms. The van der Waals surface area contributed by atoms with Gasteiger partial charge in [-0.05, 0) is 41.9 Å². The number of hydrogen-bond acceptors (Lipinski definition) is 2. The van der Waals surface area contributed by atoms with Gasteiger partial charge in [-0.1, -0.05) is 28.1 Å². The van der Waals surface area contributed by atoms with Gasteiger partial charge in [0.1, 0.15) is 0 Å². The highest BCUT2D eigenvalue weighted by Crippen LogP contribution is 2.52. The first kappa shape index (κ1) is 12.9. The molecule has 0 aromatic heterocycles. The minimum atomic E-state index is -0.819. The van der Waals surface area contributed by atoms with E-state index in [-0.39, 0.29) is 11.5 Å². The van der Waals surface area contributed by atoms with Crippen LogP contribution in [0.4, 0.5) is 4.79 Å². The van der Waals surface area contributed by atoms with Crippen LogP contribution in [0.25, 0.3) is 0 Å². The Morgan fingerprint density at radius 1 is 1.42 bits per heavy atom. The molecule has 1 unspecified atom stereocenters. The number of likely N-dealkylation sites (tertiary alicyclic amines) is 1. The van der Waals surface area contributed by atoms with E-state index in [1.807, 2.05) is 6.07 Å². The van der Waals surface area contributed by atoms with E-state index in [2.05, 4.69) is 28.1 Å². The van der Waals surface area contributed by atoms with Crippen LogP contribution in [0.5, 0.6) is 0 Å². The number of hydrogen-bond donors (Lipinski definition) is 2. The van der Waals surface area contributed by atoms with Crippen LogP contribution in [-0.4, -0.2) is 29.2 Å². The fraction of sp³-hybridized carbons (Fsp3) is 0.500. The number of rotatable bonds is 0. The molecule has 1 atom stereocenters. The maximum Gasteiger partial charge on any atom is 0.407 e. The van der Waals surface area contributed by atoms with Crippen LogP contribution in [0, 0.1) is 5.41 Å². The lowest BCUT2D eigenvalue weighted by atomic mass is 9.73. The second-order valence-electron chi connectivity index (χ2n) is 5.59. The Balaban J connectivity index is 1.86. The van der Waals surface area contributed by atoms with Gasteiger partial charge in [0.2, 0.25) is 0 Å². The van der Waals surface area contributed by atoms with Crippen molar-refractivity contribution in [3.05, 3.63) is 33.8 Å². The average molecular weight is 325 g/mol. The molecule has 0 radical (unpaired) electrons. The van der Waals surface area contributed by atoms with Gasteiger partial charge in [-0.15, -0.1) is 0 Å². The second-order valence-corrected chi connectivity index (χ2v) is 6.45. The molecule has 1 amide bonds. The number of halogens is 1. The second kappa shape index (κ2) is 4.49. The molecule has 3 N–H and O–H groups in total. The normalized spacial score (nSPS) is 24.5. The summed E-state index contributed by atoms with van der Waals surface area (Å²) in [5, 5.41) is 9.04. The van der Waals surface area contributed by atoms with E-state index in [0.29, 0.717) is 13.1 Å². The summed E-state index contributed by atoms with van der Waals surface area (Å²) in [4.78, 5) is 12.5. The lowest BCUT2D eigenvalue weighted by Crippen LogP contribution is -2.46. The van der Waals surface area contributed by atoms with Crippen molar-refractivity contribution in [3.63, 3.8) is 0 Å². The highest BCUT2D eigenvalue weighted by molar-refractivity contribution is 9.10. The number of nitrogens with zero attached hydrogens (tertiary/aromatic N) is 1. The summed E-state index contributed by atoms with van der Waals surface area (Å²) >= 11 is 3.60. The fourth-order valence-corrected chi connectivity index (χ4v) is 4.00. The summed E-state index contributed by atoms with van der Waals surface area (Å²) < 4.78 is 1.12. The molecule has 5 heteroatoms. The topological polar surface area (TPSA) is 66.6 Å². The molecule has 1 aromatic carbocycles. The zero-order chi connectivity index (χ0) is 13.6. The predicted octanol–water partition coefficient (Wildman–Crippen LogP) is 2.77. The number of amides is 1. The molecule has 4 nitrogen and oxygen atoms in total. The fourth-order valence-electron chi connectivity index (χ4n) is 3.48. The van der Waals surface area contributed by atoms with E-state index in [1.54, 1.807) is 0 Å². The van der Waals surface area contributed by atoms with Crippen molar-refractivity contribution in [3.8, 4) is 0 Å². The smallest absolute Gasteiger partial charge is 0.407 e. The molecule has 1 aliphatic carbocycles. The predicted molar refractivity (Wildman–Crippen MR) is 76.0 cm³/mol. The lowest BCUT2D eigenvalue weighted by molar-refractivity contribution is 0.0801. The molecule has 1 heterocycles. The Hall–Kier alpha value is -1.07. The van der Waals surface area contributed by atoms with Crippen molar-refractivity contribution in [1.82, 2.24) is 4.90 Å². The van der Waals surface area contributed by atoms with Gasteiger partial charge in [-0.2, -0.15) is 0 Å². The Labute approximate surface area is 120 Å². The summed E-state index contributed by atoms with van der Waals surface area (Å²) in [6.45, 7) is 1.18. The molecule has 1 saturated heterocycles. The molecule has 1 aliphatic heterocycles. The van der Waals surface area contributed by atoms with Gasteiger partial charge in [-0.25, -0.2) is 4.79 Å². The zero-order valence-corrected chi connectivity index (χ0v) is 12.2. The molecule has 2 aliphatic rings. The highest BCUT2D eigenvalue weighted by Gasteiger charge is 2.46. The molecular formula is C14H17BrN2O2. The van der Waals surface area contributed by atoms with Gasteiger partial charge in [0.15, 0.2) is 0 Å². The van der Waals surface area contributed by atoms with E-state index >= 15 is 0 Å². The van der Waals surface area contributed by atoms with Crippen LogP contribution in [0.15, 0.2) is 22.7 Å². The molecule has 102 valence electrons. The van der Waals surface area contributed by atoms with Crippen molar-refractivity contribution < 1.29 is 9.90 Å². The Kier molecular flexibility index (Phi) is 3.06. The van der Waals surface area contributed by atoms with Crippen LogP contribution in [0.1, 0.15) is 30.0 Å². The van der Waals surface area contributed by atoms with Gasteiger partial charge >= 0.3 is 6.09 Å². The minimum absolute atomic E-state index is 0.0240. The third-order valence-electron chi connectivity index (χ3n) is 4.71. The molecule has 0 saturated carbocycles. The molecular weight excluding hydrogens is 308 g/mol. The zero-order valence-electron chi connectivity index (χ0n) is 10.6.